The first-order valence-electron chi connectivity index (χ1n) is 15.7. The van der Waals surface area contributed by atoms with Crippen LogP contribution in [0.15, 0.2) is 73.8 Å². The Morgan fingerprint density at radius 2 is 0.647 bits per heavy atom. The van der Waals surface area contributed by atoms with Crippen molar-refractivity contribution in [2.24, 2.45) is 0 Å². The van der Waals surface area contributed by atoms with Gasteiger partial charge in [0.25, 0.3) is 0 Å². The van der Waals surface area contributed by atoms with Crippen molar-refractivity contribution < 1.29 is 18.9 Å². The van der Waals surface area contributed by atoms with Gasteiger partial charge in [-0.1, -0.05) is 146 Å². The zero-order chi connectivity index (χ0) is 37.7. The lowest BCUT2D eigenvalue weighted by atomic mass is 9.78. The summed E-state index contributed by atoms with van der Waals surface area (Å²) in [6.07, 6.45) is 3.74. The predicted octanol–water partition coefficient (Wildman–Crippen LogP) is 14.5. The van der Waals surface area contributed by atoms with Crippen molar-refractivity contribution in [1.29, 1.82) is 0 Å². The van der Waals surface area contributed by atoms with E-state index in [9.17, 15) is 0 Å². The van der Waals surface area contributed by atoms with Gasteiger partial charge in [-0.3, -0.25) is 0 Å². The fourth-order valence-corrected chi connectivity index (χ4v) is 7.64. The van der Waals surface area contributed by atoms with Crippen LogP contribution in [0.3, 0.4) is 0 Å². The van der Waals surface area contributed by atoms with Gasteiger partial charge in [0.1, 0.15) is 13.2 Å². The zero-order valence-electron chi connectivity index (χ0n) is 28.4. The zero-order valence-corrected chi connectivity index (χ0v) is 34.4. The van der Waals surface area contributed by atoms with Crippen molar-refractivity contribution in [3.63, 3.8) is 0 Å². The van der Waals surface area contributed by atoms with Crippen molar-refractivity contribution in [3.8, 4) is 23.0 Å². The minimum atomic E-state index is -0.557. The smallest absolute Gasteiger partial charge is 0.156 e. The minimum Gasteiger partial charge on any atom is -0.490 e. The van der Waals surface area contributed by atoms with Crippen molar-refractivity contribution in [3.05, 3.63) is 136 Å². The molecule has 4 aromatic rings. The van der Waals surface area contributed by atoms with Gasteiger partial charge >= 0.3 is 0 Å². The maximum Gasteiger partial charge on any atom is 0.156 e. The van der Waals surface area contributed by atoms with Crippen LogP contribution in [0.5, 0.6) is 23.0 Å². The van der Waals surface area contributed by atoms with E-state index < -0.39 is 10.8 Å². The molecule has 272 valence electrons. The number of hydrogen-bond donors (Lipinski definition) is 0. The van der Waals surface area contributed by atoms with Crippen LogP contribution in [0, 0.1) is 0 Å². The van der Waals surface area contributed by atoms with E-state index in [-0.39, 0.29) is 26.4 Å². The summed E-state index contributed by atoms with van der Waals surface area (Å²) in [4.78, 5) is 0. The molecule has 0 radical (unpaired) electrons. The van der Waals surface area contributed by atoms with Crippen molar-refractivity contribution in [1.82, 2.24) is 0 Å². The largest absolute Gasteiger partial charge is 0.490 e. The van der Waals surface area contributed by atoms with Crippen LogP contribution in [0.25, 0.3) is 0 Å². The molecule has 12 heteroatoms. The molecule has 0 amide bonds. The molecule has 4 aromatic carbocycles. The monoisotopic (exact) mass is 848 g/mol. The van der Waals surface area contributed by atoms with Gasteiger partial charge in [0.15, 0.2) is 23.0 Å². The van der Waals surface area contributed by atoms with Crippen molar-refractivity contribution >= 4 is 92.8 Å². The average Bonchev–Trinajstić information content (AvgIpc) is 3.05. The third-order valence-corrected chi connectivity index (χ3v) is 10.6. The Bertz CT molecular complexity index is 1690. The second kappa shape index (κ2) is 17.8. The van der Waals surface area contributed by atoms with Gasteiger partial charge in [0, 0.05) is 17.3 Å². The normalized spacial score (nSPS) is 11.7. The van der Waals surface area contributed by atoms with Crippen LogP contribution in [-0.2, 0) is 10.8 Å². The summed E-state index contributed by atoms with van der Waals surface area (Å²) in [5.41, 5.74) is 2.28. The Hall–Kier alpha value is -2.12. The molecule has 0 bridgehead atoms. The van der Waals surface area contributed by atoms with Crippen LogP contribution in [0.1, 0.15) is 56.4 Å². The molecule has 0 saturated heterocycles. The van der Waals surface area contributed by atoms with Crippen LogP contribution in [0.2, 0.25) is 40.2 Å². The molecule has 4 nitrogen and oxygen atoms in total. The standard InChI is InChI=1S/C39H36Cl8O4/c1-7-10-48-34-26(40)14-22(15-27(34)41)38(3,4)24-18-30(44)36(31(45)19-24)50-12-9-13-51-37-32(46)20-25(21-33(37)47)39(5,6)23-16-28(42)35(29(43)17-23)49-11-8-2/h7-8,14-21H,1-2,9-13H2,3-6H3. The molecule has 0 aromatic heterocycles. The summed E-state index contributed by atoms with van der Waals surface area (Å²) < 4.78 is 23.2. The predicted molar refractivity (Wildman–Crippen MR) is 217 cm³/mol. The molecule has 0 heterocycles. The second-order valence-corrected chi connectivity index (χ2v) is 15.8. The third kappa shape index (κ3) is 9.71. The van der Waals surface area contributed by atoms with Gasteiger partial charge in [-0.25, -0.2) is 0 Å². The molecule has 0 saturated carbocycles. The van der Waals surface area contributed by atoms with Gasteiger partial charge in [0.05, 0.1) is 53.4 Å². The highest BCUT2D eigenvalue weighted by atomic mass is 35.5. The lowest BCUT2D eigenvalue weighted by Gasteiger charge is -2.28. The Kier molecular flexibility index (Phi) is 14.5. The fourth-order valence-electron chi connectivity index (χ4n) is 5.26. The third-order valence-electron chi connectivity index (χ3n) is 8.35. The van der Waals surface area contributed by atoms with E-state index >= 15 is 0 Å². The molecule has 0 spiro atoms. The van der Waals surface area contributed by atoms with Gasteiger partial charge < -0.3 is 18.9 Å². The van der Waals surface area contributed by atoms with E-state index in [1.54, 1.807) is 12.2 Å². The summed E-state index contributed by atoms with van der Waals surface area (Å²) in [7, 11) is 0. The number of ether oxygens (including phenoxy) is 4. The second-order valence-electron chi connectivity index (χ2n) is 12.6. The highest BCUT2D eigenvalue weighted by molar-refractivity contribution is 6.39. The Morgan fingerprint density at radius 3 is 0.863 bits per heavy atom. The van der Waals surface area contributed by atoms with Gasteiger partial charge in [0.2, 0.25) is 0 Å². The molecule has 0 aliphatic rings. The molecule has 0 unspecified atom stereocenters. The van der Waals surface area contributed by atoms with E-state index in [0.29, 0.717) is 69.6 Å². The summed E-state index contributed by atoms with van der Waals surface area (Å²) in [6.45, 7) is 16.5. The van der Waals surface area contributed by atoms with Gasteiger partial charge in [-0.2, -0.15) is 0 Å². The summed E-state index contributed by atoms with van der Waals surface area (Å²) in [5.74, 6) is 1.53. The number of rotatable bonds is 16. The summed E-state index contributed by atoms with van der Waals surface area (Å²) >= 11 is 52.8. The molecule has 0 N–H and O–H groups in total. The SMILES string of the molecule is C=CCOc1c(Cl)cc(C(C)(C)c2cc(Cl)c(OCCCOc3c(Cl)cc(C(C)(C)c4cc(Cl)c(OCC=C)c(Cl)c4)cc3Cl)c(Cl)c2)cc1Cl. The van der Waals surface area contributed by atoms with Crippen LogP contribution < -0.4 is 18.9 Å². The number of benzene rings is 4. The van der Waals surface area contributed by atoms with E-state index in [1.807, 2.05) is 76.2 Å². The highest BCUT2D eigenvalue weighted by Crippen LogP contribution is 2.46. The van der Waals surface area contributed by atoms with E-state index in [1.165, 1.54) is 0 Å². The lowest BCUT2D eigenvalue weighted by molar-refractivity contribution is 0.247. The van der Waals surface area contributed by atoms with Crippen LogP contribution in [0.4, 0.5) is 0 Å². The lowest BCUT2D eigenvalue weighted by Crippen LogP contribution is -2.19. The first kappa shape index (κ1) is 41.6. The van der Waals surface area contributed by atoms with E-state index in [4.69, 9.17) is 112 Å². The first-order chi connectivity index (χ1) is 24.0. The summed E-state index contributed by atoms with van der Waals surface area (Å²) in [6, 6.07) is 14.5. The molecule has 4 rings (SSSR count). The van der Waals surface area contributed by atoms with E-state index in [0.717, 1.165) is 22.3 Å². The molecule has 0 atom stereocenters. The molecule has 0 aliphatic heterocycles. The van der Waals surface area contributed by atoms with Gasteiger partial charge in [-0.15, -0.1) is 0 Å². The minimum absolute atomic E-state index is 0.272. The maximum absolute atomic E-state index is 6.68. The topological polar surface area (TPSA) is 36.9 Å². The van der Waals surface area contributed by atoms with Crippen molar-refractivity contribution in [2.45, 2.75) is 44.9 Å². The Balaban J connectivity index is 1.40. The van der Waals surface area contributed by atoms with Crippen molar-refractivity contribution in [2.75, 3.05) is 26.4 Å². The van der Waals surface area contributed by atoms with E-state index in [2.05, 4.69) is 13.2 Å². The number of hydrogen-bond acceptors (Lipinski definition) is 4. The summed E-state index contributed by atoms with van der Waals surface area (Å²) in [5, 5.41) is 3.01. The fraction of sp³-hybridized carbons (Fsp3) is 0.282. The quantitative estimate of drug-likeness (QED) is 0.0831. The average molecular weight is 852 g/mol. The molecular formula is C39H36Cl8O4. The maximum atomic E-state index is 6.68. The Morgan fingerprint density at radius 1 is 0.431 bits per heavy atom. The molecule has 0 fully saturated rings. The highest BCUT2D eigenvalue weighted by Gasteiger charge is 2.29. The first-order valence-corrected chi connectivity index (χ1v) is 18.8. The van der Waals surface area contributed by atoms with Gasteiger partial charge in [-0.05, 0) is 70.8 Å². The molecule has 0 aliphatic carbocycles. The number of halogens is 8. The Labute approximate surface area is 340 Å². The molecular weight excluding hydrogens is 816 g/mol. The molecule has 51 heavy (non-hydrogen) atoms. The van der Waals surface area contributed by atoms with Crippen LogP contribution in [-0.4, -0.2) is 26.4 Å². The van der Waals surface area contributed by atoms with Crippen LogP contribution >= 0.6 is 92.8 Å².